The number of hydrogen-bond acceptors (Lipinski definition) is 3. The minimum Gasteiger partial charge on any atom is -0.356 e. The zero-order valence-corrected chi connectivity index (χ0v) is 9.87. The molecule has 0 heterocycles. The largest absolute Gasteiger partial charge is 0.356 e. The maximum absolute atomic E-state index is 11.0. The second-order valence-corrected chi connectivity index (χ2v) is 4.28. The predicted molar refractivity (Wildman–Crippen MR) is 63.5 cm³/mol. The Kier molecular flexibility index (Phi) is 10.7. The number of carbonyl (C=O) groups is 1. The number of nitrogens with one attached hydrogen (secondary N) is 1. The average Bonchev–Trinajstić information content (AvgIpc) is 2.17. The van der Waals surface area contributed by atoms with Crippen LogP contribution in [0.15, 0.2) is 0 Å². The van der Waals surface area contributed by atoms with Crippen LogP contribution in [0.5, 0.6) is 0 Å². The molecule has 0 spiro atoms. The Labute approximate surface area is 91.2 Å². The summed E-state index contributed by atoms with van der Waals surface area (Å²) >= 11 is 1.89. The first kappa shape index (κ1) is 13.8. The van der Waals surface area contributed by atoms with E-state index in [4.69, 9.17) is 5.73 Å². The van der Waals surface area contributed by atoms with E-state index in [0.717, 1.165) is 13.0 Å². The lowest BCUT2D eigenvalue weighted by atomic mass is 10.2. The van der Waals surface area contributed by atoms with Crippen LogP contribution in [0.1, 0.15) is 32.1 Å². The van der Waals surface area contributed by atoms with E-state index in [-0.39, 0.29) is 5.91 Å². The summed E-state index contributed by atoms with van der Waals surface area (Å²) in [5.41, 5.74) is 5.25. The van der Waals surface area contributed by atoms with Gasteiger partial charge in [0.15, 0.2) is 0 Å². The molecule has 0 saturated carbocycles. The van der Waals surface area contributed by atoms with E-state index in [1.165, 1.54) is 25.0 Å². The van der Waals surface area contributed by atoms with E-state index in [1.54, 1.807) is 0 Å². The van der Waals surface area contributed by atoms with Crippen molar-refractivity contribution in [1.29, 1.82) is 0 Å². The summed E-state index contributed by atoms with van der Waals surface area (Å²) in [4.78, 5) is 11.0. The molecule has 0 aliphatic carbocycles. The molecule has 0 atom stereocenters. The van der Waals surface area contributed by atoms with Crippen molar-refractivity contribution < 1.29 is 4.79 Å². The number of unbranched alkanes of at least 4 members (excludes halogenated alkanes) is 3. The molecule has 0 saturated heterocycles. The van der Waals surface area contributed by atoms with Gasteiger partial charge in [0, 0.05) is 19.5 Å². The third-order valence-corrected chi connectivity index (χ3v) is 2.67. The van der Waals surface area contributed by atoms with Gasteiger partial charge in [-0.3, -0.25) is 4.79 Å². The van der Waals surface area contributed by atoms with Crippen molar-refractivity contribution in [2.75, 3.05) is 25.1 Å². The number of amides is 1. The van der Waals surface area contributed by atoms with E-state index < -0.39 is 0 Å². The number of thioether (sulfide) groups is 1. The lowest BCUT2D eigenvalue weighted by Gasteiger charge is -2.03. The van der Waals surface area contributed by atoms with Crippen molar-refractivity contribution in [3.8, 4) is 0 Å². The fourth-order valence-electron chi connectivity index (χ4n) is 1.17. The fourth-order valence-corrected chi connectivity index (χ4v) is 1.67. The normalized spacial score (nSPS) is 10.1. The van der Waals surface area contributed by atoms with Crippen LogP contribution in [0, 0.1) is 0 Å². The van der Waals surface area contributed by atoms with Crippen molar-refractivity contribution in [1.82, 2.24) is 5.32 Å². The maximum Gasteiger partial charge on any atom is 0.221 e. The summed E-state index contributed by atoms with van der Waals surface area (Å²) in [5, 5.41) is 2.85. The number of hydrogen-bond donors (Lipinski definition) is 2. The quantitative estimate of drug-likeness (QED) is 0.575. The number of carbonyl (C=O) groups excluding carboxylic acids is 1. The van der Waals surface area contributed by atoms with Crippen LogP contribution in [-0.4, -0.2) is 31.0 Å². The second-order valence-electron chi connectivity index (χ2n) is 3.30. The standard InChI is InChI=1S/C10H22N2OS/c1-14-9-5-3-2-4-8-12-10(13)6-7-11/h2-9,11H2,1H3,(H,12,13). The number of nitrogens with two attached hydrogens (primary N) is 1. The molecule has 0 aromatic carbocycles. The molecule has 0 aromatic rings. The van der Waals surface area contributed by atoms with Crippen LogP contribution in [0.2, 0.25) is 0 Å². The van der Waals surface area contributed by atoms with Crippen molar-refractivity contribution in [3.05, 3.63) is 0 Å². The molecule has 0 aromatic heterocycles. The van der Waals surface area contributed by atoms with Crippen molar-refractivity contribution in [2.45, 2.75) is 32.1 Å². The van der Waals surface area contributed by atoms with Gasteiger partial charge in [0.2, 0.25) is 5.91 Å². The Morgan fingerprint density at radius 2 is 2.00 bits per heavy atom. The predicted octanol–water partition coefficient (Wildman–Crippen LogP) is 1.37. The van der Waals surface area contributed by atoms with Crippen molar-refractivity contribution >= 4 is 17.7 Å². The van der Waals surface area contributed by atoms with E-state index in [9.17, 15) is 4.79 Å². The monoisotopic (exact) mass is 218 g/mol. The van der Waals surface area contributed by atoms with E-state index in [0.29, 0.717) is 13.0 Å². The first-order valence-electron chi connectivity index (χ1n) is 5.27. The highest BCUT2D eigenvalue weighted by molar-refractivity contribution is 7.98. The molecule has 3 nitrogen and oxygen atoms in total. The molecule has 0 rings (SSSR count). The van der Waals surface area contributed by atoms with Gasteiger partial charge in [-0.1, -0.05) is 12.8 Å². The Balaban J connectivity index is 3.01. The summed E-state index contributed by atoms with van der Waals surface area (Å²) in [6, 6.07) is 0. The van der Waals surface area contributed by atoms with Crippen LogP contribution < -0.4 is 11.1 Å². The van der Waals surface area contributed by atoms with Gasteiger partial charge in [-0.2, -0.15) is 11.8 Å². The Hall–Kier alpha value is -0.220. The molecular weight excluding hydrogens is 196 g/mol. The molecule has 0 aliphatic rings. The van der Waals surface area contributed by atoms with Gasteiger partial charge < -0.3 is 11.1 Å². The molecule has 84 valence electrons. The van der Waals surface area contributed by atoms with Crippen molar-refractivity contribution in [2.24, 2.45) is 5.73 Å². The van der Waals surface area contributed by atoms with Gasteiger partial charge in [-0.05, 0) is 24.9 Å². The lowest BCUT2D eigenvalue weighted by molar-refractivity contribution is -0.120. The highest BCUT2D eigenvalue weighted by Gasteiger charge is 1.97. The maximum atomic E-state index is 11.0. The molecule has 1 amide bonds. The van der Waals surface area contributed by atoms with Gasteiger partial charge in [-0.25, -0.2) is 0 Å². The van der Waals surface area contributed by atoms with E-state index >= 15 is 0 Å². The van der Waals surface area contributed by atoms with Crippen LogP contribution in [0.25, 0.3) is 0 Å². The first-order valence-corrected chi connectivity index (χ1v) is 6.66. The van der Waals surface area contributed by atoms with Gasteiger partial charge in [0.1, 0.15) is 0 Å². The van der Waals surface area contributed by atoms with Gasteiger partial charge in [-0.15, -0.1) is 0 Å². The summed E-state index contributed by atoms with van der Waals surface area (Å²) < 4.78 is 0. The first-order chi connectivity index (χ1) is 6.81. The smallest absolute Gasteiger partial charge is 0.221 e. The van der Waals surface area contributed by atoms with Crippen molar-refractivity contribution in [3.63, 3.8) is 0 Å². The Morgan fingerprint density at radius 1 is 1.29 bits per heavy atom. The Bertz CT molecular complexity index is 142. The second kappa shape index (κ2) is 10.9. The third kappa shape index (κ3) is 9.86. The SMILES string of the molecule is CSCCCCCCNC(=O)CCN. The minimum atomic E-state index is 0.0802. The van der Waals surface area contributed by atoms with Gasteiger partial charge in [0.05, 0.1) is 0 Å². The molecule has 0 aliphatic heterocycles. The highest BCUT2D eigenvalue weighted by atomic mass is 32.2. The van der Waals surface area contributed by atoms with Crippen LogP contribution in [-0.2, 0) is 4.79 Å². The summed E-state index contributed by atoms with van der Waals surface area (Å²) in [5.74, 6) is 1.33. The number of rotatable bonds is 9. The van der Waals surface area contributed by atoms with Gasteiger partial charge in [0.25, 0.3) is 0 Å². The van der Waals surface area contributed by atoms with Gasteiger partial charge >= 0.3 is 0 Å². The molecule has 4 heteroatoms. The van der Waals surface area contributed by atoms with Crippen LogP contribution in [0.4, 0.5) is 0 Å². The zero-order valence-electron chi connectivity index (χ0n) is 9.05. The lowest BCUT2D eigenvalue weighted by Crippen LogP contribution is -2.26. The third-order valence-electron chi connectivity index (χ3n) is 1.97. The van der Waals surface area contributed by atoms with E-state index in [2.05, 4.69) is 11.6 Å². The summed E-state index contributed by atoms with van der Waals surface area (Å²) in [7, 11) is 0. The molecule has 0 fully saturated rings. The summed E-state index contributed by atoms with van der Waals surface area (Å²) in [6.45, 7) is 1.25. The molecule has 0 unspecified atom stereocenters. The summed E-state index contributed by atoms with van der Waals surface area (Å²) in [6.07, 6.45) is 7.44. The fraction of sp³-hybridized carbons (Fsp3) is 0.900. The highest BCUT2D eigenvalue weighted by Crippen LogP contribution is 2.03. The molecule has 3 N–H and O–H groups in total. The molecular formula is C10H22N2OS. The average molecular weight is 218 g/mol. The molecule has 0 radical (unpaired) electrons. The Morgan fingerprint density at radius 3 is 2.64 bits per heavy atom. The topological polar surface area (TPSA) is 55.1 Å². The van der Waals surface area contributed by atoms with Crippen LogP contribution >= 0.6 is 11.8 Å². The minimum absolute atomic E-state index is 0.0802. The van der Waals surface area contributed by atoms with E-state index in [1.807, 2.05) is 11.8 Å². The zero-order chi connectivity index (χ0) is 10.6. The molecule has 14 heavy (non-hydrogen) atoms. The molecule has 0 bridgehead atoms. The van der Waals surface area contributed by atoms with Crippen LogP contribution in [0.3, 0.4) is 0 Å².